The Labute approximate surface area is 130 Å². The summed E-state index contributed by atoms with van der Waals surface area (Å²) in [6.45, 7) is 17.3. The van der Waals surface area contributed by atoms with Gasteiger partial charge in [-0.15, -0.1) is 0 Å². The highest BCUT2D eigenvalue weighted by molar-refractivity contribution is 6.74. The summed E-state index contributed by atoms with van der Waals surface area (Å²) >= 11 is 0. The lowest BCUT2D eigenvalue weighted by Crippen LogP contribution is -2.45. The van der Waals surface area contributed by atoms with Gasteiger partial charge in [0, 0.05) is 13.7 Å². The van der Waals surface area contributed by atoms with Crippen molar-refractivity contribution in [3.8, 4) is 0 Å². The highest BCUT2D eigenvalue weighted by Crippen LogP contribution is 2.36. The largest absolute Gasteiger partial charge is 0.444 e. The molecule has 0 rings (SSSR count). The van der Waals surface area contributed by atoms with Crippen LogP contribution in [0.3, 0.4) is 0 Å². The van der Waals surface area contributed by atoms with Crippen LogP contribution in [0.25, 0.3) is 0 Å². The number of alkyl carbamates (subject to hydrolysis) is 1. The first-order chi connectivity index (χ1) is 9.28. The number of carbonyl (C=O) groups is 1. The lowest BCUT2D eigenvalue weighted by atomic mass is 10.2. The first kappa shape index (κ1) is 20.4. The van der Waals surface area contributed by atoms with Crippen molar-refractivity contribution in [2.75, 3.05) is 20.3 Å². The molecule has 6 heteroatoms. The van der Waals surface area contributed by atoms with Crippen molar-refractivity contribution >= 4 is 14.4 Å². The molecule has 0 spiro atoms. The number of carbonyl (C=O) groups excluding carboxylic acids is 1. The molecule has 0 radical (unpaired) electrons. The number of ether oxygens (including phenoxy) is 2. The van der Waals surface area contributed by atoms with Gasteiger partial charge in [0.05, 0.1) is 12.7 Å². The van der Waals surface area contributed by atoms with Crippen LogP contribution in [0.4, 0.5) is 4.79 Å². The molecule has 0 aliphatic rings. The van der Waals surface area contributed by atoms with Gasteiger partial charge in [-0.1, -0.05) is 20.8 Å². The Balaban J connectivity index is 4.28. The van der Waals surface area contributed by atoms with Gasteiger partial charge < -0.3 is 19.2 Å². The van der Waals surface area contributed by atoms with E-state index in [0.29, 0.717) is 13.2 Å². The predicted molar refractivity (Wildman–Crippen MR) is 88.2 cm³/mol. The summed E-state index contributed by atoms with van der Waals surface area (Å²) in [6.07, 6.45) is -0.608. The van der Waals surface area contributed by atoms with Gasteiger partial charge in [-0.3, -0.25) is 0 Å². The van der Waals surface area contributed by atoms with E-state index in [1.807, 2.05) is 20.8 Å². The third-order valence-electron chi connectivity index (χ3n) is 3.64. The second kappa shape index (κ2) is 7.60. The van der Waals surface area contributed by atoms with Gasteiger partial charge >= 0.3 is 6.09 Å². The number of amides is 1. The van der Waals surface area contributed by atoms with E-state index in [1.165, 1.54) is 0 Å². The third kappa shape index (κ3) is 8.43. The van der Waals surface area contributed by atoms with E-state index in [-0.39, 0.29) is 11.1 Å². The van der Waals surface area contributed by atoms with Gasteiger partial charge in [-0.25, -0.2) is 4.79 Å². The Morgan fingerprint density at radius 2 is 1.67 bits per heavy atom. The van der Waals surface area contributed by atoms with E-state index in [0.717, 1.165) is 0 Å². The number of hydrogen-bond acceptors (Lipinski definition) is 4. The standard InChI is InChI=1S/C15H33NO4Si/c1-14(2,3)20-13(17)16-10-12(18-7)11-19-21(8,9)15(4,5)6/h12H,10-11H2,1-9H3,(H,16,17)/t12-/m0/s1. The molecule has 0 aromatic carbocycles. The van der Waals surface area contributed by atoms with Crippen LogP contribution in [-0.4, -0.2) is 46.4 Å². The second-order valence-electron chi connectivity index (χ2n) is 7.81. The van der Waals surface area contributed by atoms with Crippen LogP contribution in [0.15, 0.2) is 0 Å². The van der Waals surface area contributed by atoms with E-state index >= 15 is 0 Å². The van der Waals surface area contributed by atoms with E-state index in [4.69, 9.17) is 13.9 Å². The predicted octanol–water partition coefficient (Wildman–Crippen LogP) is 3.55. The summed E-state index contributed by atoms with van der Waals surface area (Å²) in [5, 5.41) is 2.87. The van der Waals surface area contributed by atoms with E-state index < -0.39 is 20.0 Å². The fourth-order valence-electron chi connectivity index (χ4n) is 1.24. The fourth-order valence-corrected chi connectivity index (χ4v) is 2.28. The van der Waals surface area contributed by atoms with E-state index in [2.05, 4.69) is 39.2 Å². The molecule has 0 heterocycles. The molecule has 1 amide bonds. The van der Waals surface area contributed by atoms with E-state index in [9.17, 15) is 4.79 Å². The fraction of sp³-hybridized carbons (Fsp3) is 0.933. The minimum Gasteiger partial charge on any atom is -0.444 e. The molecule has 0 aliphatic carbocycles. The molecule has 0 fully saturated rings. The maximum absolute atomic E-state index is 11.6. The quantitative estimate of drug-likeness (QED) is 0.761. The van der Waals surface area contributed by atoms with Crippen molar-refractivity contribution in [3.63, 3.8) is 0 Å². The number of rotatable bonds is 6. The molecular weight excluding hydrogens is 286 g/mol. The molecular formula is C15H33NO4Si. The van der Waals surface area contributed by atoms with Gasteiger partial charge in [0.25, 0.3) is 0 Å². The zero-order chi connectivity index (χ0) is 16.9. The normalized spacial score (nSPS) is 14.7. The zero-order valence-corrected chi connectivity index (χ0v) is 16.1. The highest BCUT2D eigenvalue weighted by atomic mass is 28.4. The van der Waals surface area contributed by atoms with Gasteiger partial charge in [-0.2, -0.15) is 0 Å². The van der Waals surface area contributed by atoms with Crippen molar-refractivity contribution in [2.45, 2.75) is 71.4 Å². The number of nitrogens with one attached hydrogen (secondary N) is 1. The molecule has 0 aliphatic heterocycles. The Kier molecular flexibility index (Phi) is 7.39. The van der Waals surface area contributed by atoms with Crippen LogP contribution in [0.1, 0.15) is 41.5 Å². The van der Waals surface area contributed by atoms with Gasteiger partial charge in [-0.05, 0) is 38.9 Å². The topological polar surface area (TPSA) is 56.8 Å². The van der Waals surface area contributed by atoms with Gasteiger partial charge in [0.2, 0.25) is 0 Å². The van der Waals surface area contributed by atoms with Crippen LogP contribution >= 0.6 is 0 Å². The molecule has 0 aromatic heterocycles. The molecule has 1 atom stereocenters. The summed E-state index contributed by atoms with van der Waals surface area (Å²) < 4.78 is 16.7. The Morgan fingerprint density at radius 3 is 2.05 bits per heavy atom. The summed E-state index contributed by atoms with van der Waals surface area (Å²) in [4.78, 5) is 11.6. The molecule has 0 aromatic rings. The molecule has 1 N–H and O–H groups in total. The van der Waals surface area contributed by atoms with Crippen LogP contribution < -0.4 is 5.32 Å². The Bertz CT molecular complexity index is 332. The minimum absolute atomic E-state index is 0.157. The minimum atomic E-state index is -1.80. The second-order valence-corrected chi connectivity index (χ2v) is 12.6. The maximum Gasteiger partial charge on any atom is 0.407 e. The summed E-state index contributed by atoms with van der Waals surface area (Å²) in [5.74, 6) is 0. The summed E-state index contributed by atoms with van der Waals surface area (Å²) in [5.41, 5.74) is -0.496. The highest BCUT2D eigenvalue weighted by Gasteiger charge is 2.37. The summed E-state index contributed by atoms with van der Waals surface area (Å²) in [7, 11) is -0.181. The number of hydrogen-bond donors (Lipinski definition) is 1. The average molecular weight is 320 g/mol. The molecule has 0 saturated heterocycles. The first-order valence-electron chi connectivity index (χ1n) is 7.42. The molecule has 21 heavy (non-hydrogen) atoms. The molecule has 0 saturated carbocycles. The molecule has 0 unspecified atom stereocenters. The van der Waals surface area contributed by atoms with Crippen molar-refractivity contribution in [3.05, 3.63) is 0 Å². The van der Waals surface area contributed by atoms with E-state index in [1.54, 1.807) is 7.11 Å². The lowest BCUT2D eigenvalue weighted by molar-refractivity contribution is 0.0348. The van der Waals surface area contributed by atoms with Crippen molar-refractivity contribution < 1.29 is 18.7 Å². The average Bonchev–Trinajstić information content (AvgIpc) is 2.25. The van der Waals surface area contributed by atoms with Crippen LogP contribution in [-0.2, 0) is 13.9 Å². The molecule has 126 valence electrons. The molecule has 0 bridgehead atoms. The Hall–Kier alpha value is -0.593. The maximum atomic E-state index is 11.6. The lowest BCUT2D eigenvalue weighted by Gasteiger charge is -2.37. The zero-order valence-electron chi connectivity index (χ0n) is 15.1. The van der Waals surface area contributed by atoms with Crippen LogP contribution in [0.5, 0.6) is 0 Å². The van der Waals surface area contributed by atoms with Crippen LogP contribution in [0.2, 0.25) is 18.1 Å². The van der Waals surface area contributed by atoms with Gasteiger partial charge in [0.1, 0.15) is 5.60 Å². The van der Waals surface area contributed by atoms with Crippen LogP contribution in [0, 0.1) is 0 Å². The van der Waals surface area contributed by atoms with Crippen molar-refractivity contribution in [1.29, 1.82) is 0 Å². The Morgan fingerprint density at radius 1 is 1.14 bits per heavy atom. The van der Waals surface area contributed by atoms with Gasteiger partial charge in [0.15, 0.2) is 8.32 Å². The first-order valence-corrected chi connectivity index (χ1v) is 10.3. The monoisotopic (exact) mass is 319 g/mol. The smallest absolute Gasteiger partial charge is 0.407 e. The van der Waals surface area contributed by atoms with Crippen molar-refractivity contribution in [2.24, 2.45) is 0 Å². The third-order valence-corrected chi connectivity index (χ3v) is 8.14. The summed E-state index contributed by atoms with van der Waals surface area (Å²) in [6, 6.07) is 0. The number of methoxy groups -OCH3 is 1. The molecule has 5 nitrogen and oxygen atoms in total. The SMILES string of the molecule is CO[C@@H](CNC(=O)OC(C)(C)C)CO[Si](C)(C)C(C)(C)C. The van der Waals surface area contributed by atoms with Crippen molar-refractivity contribution in [1.82, 2.24) is 5.32 Å².